The van der Waals surface area contributed by atoms with Crippen LogP contribution in [0.5, 0.6) is 0 Å². The van der Waals surface area contributed by atoms with Crippen LogP contribution < -0.4 is 0 Å². The minimum Gasteiger partial charge on any atom is -0.462 e. The first-order chi connectivity index (χ1) is 15.5. The number of carbonyl (C=O) groups is 2. The van der Waals surface area contributed by atoms with Crippen LogP contribution in [0.15, 0.2) is 24.3 Å². The Morgan fingerprint density at radius 1 is 0.909 bits per heavy atom. The van der Waals surface area contributed by atoms with Crippen LogP contribution in [0.2, 0.25) is 0 Å². The van der Waals surface area contributed by atoms with Gasteiger partial charge in [-0.3, -0.25) is 0 Å². The van der Waals surface area contributed by atoms with Crippen LogP contribution in [0.25, 0.3) is 0 Å². The van der Waals surface area contributed by atoms with Crippen molar-refractivity contribution < 1.29 is 24.2 Å². The van der Waals surface area contributed by atoms with E-state index in [2.05, 4.69) is 20.1 Å². The molecule has 2 fully saturated rings. The summed E-state index contributed by atoms with van der Waals surface area (Å²) in [6.07, 6.45) is 12.7. The third-order valence-electron chi connectivity index (χ3n) is 7.93. The number of ether oxygens (including phenoxy) is 2. The molecule has 0 amide bonds. The predicted molar refractivity (Wildman–Crippen MR) is 131 cm³/mol. The molecule has 0 bridgehead atoms. The van der Waals surface area contributed by atoms with Gasteiger partial charge in [-0.1, -0.05) is 45.8 Å². The molecular formula is C28H46O5. The molecule has 0 aliphatic heterocycles. The van der Waals surface area contributed by atoms with Gasteiger partial charge in [-0.15, -0.1) is 0 Å². The molecule has 1 atom stereocenters. The first-order valence-corrected chi connectivity index (χ1v) is 12.9. The molecule has 188 valence electrons. The highest BCUT2D eigenvalue weighted by molar-refractivity contribution is 5.89. The largest absolute Gasteiger partial charge is 0.462 e. The van der Waals surface area contributed by atoms with Crippen LogP contribution in [-0.4, -0.2) is 35.9 Å². The molecule has 1 N–H and O–H groups in total. The molecule has 5 nitrogen and oxygen atoms in total. The molecule has 0 aromatic carbocycles. The van der Waals surface area contributed by atoms with Crippen LogP contribution >= 0.6 is 0 Å². The van der Waals surface area contributed by atoms with Gasteiger partial charge in [0.1, 0.15) is 0 Å². The topological polar surface area (TPSA) is 72.8 Å². The summed E-state index contributed by atoms with van der Waals surface area (Å²) in [6, 6.07) is 0. The van der Waals surface area contributed by atoms with E-state index in [1.807, 2.05) is 0 Å². The lowest BCUT2D eigenvalue weighted by molar-refractivity contribution is -0.147. The van der Waals surface area contributed by atoms with E-state index in [9.17, 15) is 14.7 Å². The fourth-order valence-electron chi connectivity index (χ4n) is 5.59. The maximum atomic E-state index is 12.4. The fraction of sp³-hybridized carbons (Fsp3) is 0.786. The molecule has 33 heavy (non-hydrogen) atoms. The summed E-state index contributed by atoms with van der Waals surface area (Å²) in [4.78, 5) is 24.3. The van der Waals surface area contributed by atoms with Crippen molar-refractivity contribution in [2.75, 3.05) is 13.2 Å². The van der Waals surface area contributed by atoms with Gasteiger partial charge in [0.05, 0.1) is 24.4 Å². The lowest BCUT2D eigenvalue weighted by atomic mass is 9.67. The average molecular weight is 463 g/mol. The monoisotopic (exact) mass is 462 g/mol. The van der Waals surface area contributed by atoms with E-state index in [4.69, 9.17) is 9.47 Å². The molecule has 2 aliphatic carbocycles. The van der Waals surface area contributed by atoms with Gasteiger partial charge in [0, 0.05) is 11.5 Å². The summed E-state index contributed by atoms with van der Waals surface area (Å²) < 4.78 is 11.0. The van der Waals surface area contributed by atoms with Crippen LogP contribution in [0, 0.1) is 29.6 Å². The van der Waals surface area contributed by atoms with Crippen molar-refractivity contribution in [3.63, 3.8) is 0 Å². The number of aliphatic hydroxyl groups is 1. The summed E-state index contributed by atoms with van der Waals surface area (Å²) in [5, 5.41) is 10.0. The molecule has 5 heteroatoms. The number of hydrogen-bond donors (Lipinski definition) is 1. The molecule has 0 aromatic heterocycles. The lowest BCUT2D eigenvalue weighted by Crippen LogP contribution is -2.34. The van der Waals surface area contributed by atoms with E-state index < -0.39 is 17.5 Å². The van der Waals surface area contributed by atoms with E-state index >= 15 is 0 Å². The molecule has 0 saturated heterocycles. The van der Waals surface area contributed by atoms with Gasteiger partial charge >= 0.3 is 11.9 Å². The van der Waals surface area contributed by atoms with Gasteiger partial charge in [-0.05, 0) is 83.0 Å². The van der Waals surface area contributed by atoms with E-state index in [-0.39, 0.29) is 24.7 Å². The van der Waals surface area contributed by atoms with Gasteiger partial charge in [-0.2, -0.15) is 0 Å². The van der Waals surface area contributed by atoms with Crippen LogP contribution in [-0.2, 0) is 19.1 Å². The molecule has 2 aliphatic rings. The Hall–Kier alpha value is -1.62. The van der Waals surface area contributed by atoms with E-state index in [0.717, 1.165) is 30.6 Å². The molecule has 0 radical (unpaired) electrons. The van der Waals surface area contributed by atoms with Gasteiger partial charge in [0.25, 0.3) is 0 Å². The number of rotatable bonds is 11. The standard InChI is InChI=1S/C28H46O5/c1-7-8-21-9-11-22(12-10-21)23-13-15-24(16-14-23)25(17-32-26(29)19(2)3)18-33-27(30)20(4)28(5,6)31/h21-25,31H,2,4,7-18H2,1,3,5-6H3. The Morgan fingerprint density at radius 2 is 1.39 bits per heavy atom. The van der Waals surface area contributed by atoms with Gasteiger partial charge in [0.15, 0.2) is 0 Å². The number of hydrogen-bond acceptors (Lipinski definition) is 5. The highest BCUT2D eigenvalue weighted by atomic mass is 16.5. The van der Waals surface area contributed by atoms with Gasteiger partial charge < -0.3 is 14.6 Å². The molecular weight excluding hydrogens is 416 g/mol. The Bertz CT molecular complexity index is 673. The van der Waals surface area contributed by atoms with Crippen LogP contribution in [0.4, 0.5) is 0 Å². The molecule has 0 aromatic rings. The third-order valence-corrected chi connectivity index (χ3v) is 7.93. The molecule has 2 rings (SSSR count). The quantitative estimate of drug-likeness (QED) is 0.301. The maximum absolute atomic E-state index is 12.4. The average Bonchev–Trinajstić information content (AvgIpc) is 2.78. The van der Waals surface area contributed by atoms with Crippen LogP contribution in [0.1, 0.15) is 91.9 Å². The normalized spacial score (nSPS) is 26.8. The van der Waals surface area contributed by atoms with Crippen molar-refractivity contribution in [3.8, 4) is 0 Å². The second-order valence-corrected chi connectivity index (χ2v) is 11.0. The lowest BCUT2D eigenvalue weighted by Gasteiger charge is -2.39. The molecule has 1 unspecified atom stereocenters. The van der Waals surface area contributed by atoms with Crippen molar-refractivity contribution in [2.24, 2.45) is 29.6 Å². The highest BCUT2D eigenvalue weighted by Gasteiger charge is 2.35. The summed E-state index contributed by atoms with van der Waals surface area (Å²) in [7, 11) is 0. The second kappa shape index (κ2) is 12.7. The number of esters is 2. The zero-order valence-corrected chi connectivity index (χ0v) is 21.4. The van der Waals surface area contributed by atoms with Crippen LogP contribution in [0.3, 0.4) is 0 Å². The Balaban J connectivity index is 1.91. The maximum Gasteiger partial charge on any atom is 0.336 e. The summed E-state index contributed by atoms with van der Waals surface area (Å²) in [5.41, 5.74) is -0.932. The Kier molecular flexibility index (Phi) is 10.7. The Labute approximate surface area is 201 Å². The van der Waals surface area contributed by atoms with Crippen molar-refractivity contribution in [1.82, 2.24) is 0 Å². The zero-order chi connectivity index (χ0) is 24.6. The smallest absolute Gasteiger partial charge is 0.336 e. The highest BCUT2D eigenvalue weighted by Crippen LogP contribution is 2.43. The van der Waals surface area contributed by atoms with E-state index in [0.29, 0.717) is 11.5 Å². The first-order valence-electron chi connectivity index (χ1n) is 12.9. The minimum atomic E-state index is -1.33. The summed E-state index contributed by atoms with van der Waals surface area (Å²) in [5.74, 6) is 1.85. The zero-order valence-electron chi connectivity index (χ0n) is 21.4. The van der Waals surface area contributed by atoms with E-state index in [1.54, 1.807) is 6.92 Å². The van der Waals surface area contributed by atoms with Crippen molar-refractivity contribution in [2.45, 2.75) is 97.5 Å². The molecule has 0 heterocycles. The fourth-order valence-corrected chi connectivity index (χ4v) is 5.59. The van der Waals surface area contributed by atoms with Crippen molar-refractivity contribution >= 4 is 11.9 Å². The van der Waals surface area contributed by atoms with Crippen molar-refractivity contribution in [3.05, 3.63) is 24.3 Å². The molecule has 2 saturated carbocycles. The first kappa shape index (κ1) is 27.6. The summed E-state index contributed by atoms with van der Waals surface area (Å²) >= 11 is 0. The predicted octanol–water partition coefficient (Wildman–Crippen LogP) is 6.01. The third kappa shape index (κ3) is 8.59. The summed E-state index contributed by atoms with van der Waals surface area (Å²) in [6.45, 7) is 14.6. The van der Waals surface area contributed by atoms with Gasteiger partial charge in [0.2, 0.25) is 0 Å². The van der Waals surface area contributed by atoms with E-state index in [1.165, 1.54) is 65.2 Å². The minimum absolute atomic E-state index is 0.0302. The van der Waals surface area contributed by atoms with Crippen molar-refractivity contribution in [1.29, 1.82) is 0 Å². The number of carbonyl (C=O) groups excluding carboxylic acids is 2. The Morgan fingerprint density at radius 3 is 1.85 bits per heavy atom. The SMILES string of the molecule is C=C(C)C(=O)OCC(COC(=O)C(=C)C(C)(C)O)C1CCC(C2CCC(CCC)CC2)CC1. The van der Waals surface area contributed by atoms with Gasteiger partial charge in [-0.25, -0.2) is 9.59 Å². The molecule has 0 spiro atoms. The second-order valence-electron chi connectivity index (χ2n) is 11.0.